The number of halogens is 2. The maximum absolute atomic E-state index is 12.5. The maximum Gasteiger partial charge on any atom is 0.253 e. The van der Waals surface area contributed by atoms with E-state index in [0.717, 1.165) is 30.5 Å². The zero-order valence-electron chi connectivity index (χ0n) is 14.5. The smallest absolute Gasteiger partial charge is 0.253 e. The number of aromatic nitrogens is 1. The van der Waals surface area contributed by atoms with Gasteiger partial charge < -0.3 is 10.6 Å². The minimum atomic E-state index is -0.0365. The van der Waals surface area contributed by atoms with Crippen molar-refractivity contribution < 1.29 is 4.79 Å². The number of pyridine rings is 1. The van der Waals surface area contributed by atoms with E-state index in [1.807, 2.05) is 6.07 Å². The van der Waals surface area contributed by atoms with Crippen LogP contribution < -0.4 is 10.6 Å². The van der Waals surface area contributed by atoms with Gasteiger partial charge in [0.2, 0.25) is 0 Å². The van der Waals surface area contributed by atoms with E-state index in [9.17, 15) is 4.79 Å². The van der Waals surface area contributed by atoms with Gasteiger partial charge in [-0.15, -0.1) is 24.8 Å². The summed E-state index contributed by atoms with van der Waals surface area (Å²) < 4.78 is 0. The minimum absolute atomic E-state index is 0. The lowest BCUT2D eigenvalue weighted by Crippen LogP contribution is -2.46. The Morgan fingerprint density at radius 2 is 1.88 bits per heavy atom. The van der Waals surface area contributed by atoms with Crippen molar-refractivity contribution in [3.8, 4) is 11.1 Å². The highest BCUT2D eigenvalue weighted by Gasteiger charge is 2.20. The molecule has 2 heterocycles. The fourth-order valence-electron chi connectivity index (χ4n) is 3.00. The van der Waals surface area contributed by atoms with E-state index in [1.54, 1.807) is 12.4 Å². The van der Waals surface area contributed by atoms with Crippen molar-refractivity contribution in [1.82, 2.24) is 15.6 Å². The van der Waals surface area contributed by atoms with Gasteiger partial charge in [-0.25, -0.2) is 0 Å². The van der Waals surface area contributed by atoms with Crippen LogP contribution in [-0.4, -0.2) is 29.5 Å². The van der Waals surface area contributed by atoms with E-state index in [4.69, 9.17) is 0 Å². The minimum Gasteiger partial charge on any atom is -0.349 e. The fraction of sp³-hybridized carbons (Fsp3) is 0.368. The van der Waals surface area contributed by atoms with Crippen molar-refractivity contribution >= 4 is 30.7 Å². The van der Waals surface area contributed by atoms with Crippen LogP contribution in [0.25, 0.3) is 11.1 Å². The molecule has 1 aromatic heterocycles. The van der Waals surface area contributed by atoms with Gasteiger partial charge in [0.15, 0.2) is 0 Å². The average Bonchev–Trinajstić information content (AvgIpc) is 2.56. The Morgan fingerprint density at radius 1 is 1.16 bits per heavy atom. The molecule has 1 fully saturated rings. The summed E-state index contributed by atoms with van der Waals surface area (Å²) in [6.45, 7) is 5.16. The average molecular weight is 382 g/mol. The monoisotopic (exact) mass is 381 g/mol. The van der Waals surface area contributed by atoms with Crippen molar-refractivity contribution in [3.05, 3.63) is 53.9 Å². The lowest BCUT2D eigenvalue weighted by molar-refractivity contribution is 0.0925. The second-order valence-electron chi connectivity index (χ2n) is 6.38. The number of aryl methyl sites for hydroxylation is 1. The zero-order chi connectivity index (χ0) is 16.2. The summed E-state index contributed by atoms with van der Waals surface area (Å²) in [4.78, 5) is 16.7. The van der Waals surface area contributed by atoms with E-state index in [1.165, 1.54) is 5.56 Å². The molecule has 4 nitrogen and oxygen atoms in total. The van der Waals surface area contributed by atoms with Gasteiger partial charge in [-0.3, -0.25) is 9.78 Å². The van der Waals surface area contributed by atoms with Gasteiger partial charge in [0.05, 0.1) is 5.56 Å². The number of carbonyl (C=O) groups is 1. The van der Waals surface area contributed by atoms with Gasteiger partial charge in [0.1, 0.15) is 0 Å². The van der Waals surface area contributed by atoms with Crippen LogP contribution in [0.1, 0.15) is 35.7 Å². The molecular formula is C19H25Cl2N3O. The van der Waals surface area contributed by atoms with Crippen molar-refractivity contribution in [2.24, 2.45) is 0 Å². The molecule has 6 heteroatoms. The summed E-state index contributed by atoms with van der Waals surface area (Å²) in [7, 11) is 0. The van der Waals surface area contributed by atoms with Crippen LogP contribution in [0, 0.1) is 6.92 Å². The van der Waals surface area contributed by atoms with Crippen LogP contribution in [0.3, 0.4) is 0 Å². The van der Waals surface area contributed by atoms with Crippen LogP contribution in [0.5, 0.6) is 0 Å². The van der Waals surface area contributed by atoms with Crippen LogP contribution in [0.4, 0.5) is 0 Å². The van der Waals surface area contributed by atoms with E-state index in [0.29, 0.717) is 11.6 Å². The lowest BCUT2D eigenvalue weighted by atomic mass is 10.00. The number of hydrogen-bond acceptors (Lipinski definition) is 3. The first-order valence-electron chi connectivity index (χ1n) is 8.18. The lowest BCUT2D eigenvalue weighted by Gasteiger charge is -2.28. The molecule has 1 aromatic carbocycles. The molecule has 3 rings (SSSR count). The summed E-state index contributed by atoms with van der Waals surface area (Å²) in [5.74, 6) is -0.0365. The highest BCUT2D eigenvalue weighted by Crippen LogP contribution is 2.20. The number of nitrogens with one attached hydrogen (secondary N) is 2. The van der Waals surface area contributed by atoms with Crippen LogP contribution in [0.15, 0.2) is 42.7 Å². The van der Waals surface area contributed by atoms with Gasteiger partial charge in [-0.2, -0.15) is 0 Å². The first-order chi connectivity index (χ1) is 11.1. The van der Waals surface area contributed by atoms with Gasteiger partial charge in [0, 0.05) is 30.0 Å². The van der Waals surface area contributed by atoms with Gasteiger partial charge in [0.25, 0.3) is 5.91 Å². The number of benzene rings is 1. The predicted molar refractivity (Wildman–Crippen MR) is 107 cm³/mol. The molecule has 1 amide bonds. The number of nitrogens with zero attached hydrogens (tertiary/aromatic N) is 1. The number of piperidine rings is 1. The third kappa shape index (κ3) is 5.70. The van der Waals surface area contributed by atoms with Crippen molar-refractivity contribution in [1.29, 1.82) is 0 Å². The molecule has 2 aromatic rings. The van der Waals surface area contributed by atoms with Crippen LogP contribution in [0.2, 0.25) is 0 Å². The molecule has 0 bridgehead atoms. The third-order valence-corrected chi connectivity index (χ3v) is 4.34. The molecule has 0 spiro atoms. The Bertz CT molecular complexity index is 691. The summed E-state index contributed by atoms with van der Waals surface area (Å²) >= 11 is 0. The molecule has 0 aliphatic carbocycles. The Morgan fingerprint density at radius 3 is 2.56 bits per heavy atom. The molecule has 1 aliphatic heterocycles. The van der Waals surface area contributed by atoms with Crippen LogP contribution >= 0.6 is 24.8 Å². The van der Waals surface area contributed by atoms with Gasteiger partial charge in [-0.1, -0.05) is 29.8 Å². The fourth-order valence-corrected chi connectivity index (χ4v) is 3.00. The molecule has 0 radical (unpaired) electrons. The number of rotatable bonds is 3. The largest absolute Gasteiger partial charge is 0.349 e. The van der Waals surface area contributed by atoms with Gasteiger partial charge in [-0.05, 0) is 44.9 Å². The number of carbonyl (C=O) groups excluding carboxylic acids is 1. The molecule has 1 aliphatic rings. The summed E-state index contributed by atoms with van der Waals surface area (Å²) in [6, 6.07) is 10.9. The second-order valence-corrected chi connectivity index (χ2v) is 6.38. The summed E-state index contributed by atoms with van der Waals surface area (Å²) in [5.41, 5.74) is 3.88. The van der Waals surface area contributed by atoms with E-state index < -0.39 is 0 Å². The highest BCUT2D eigenvalue weighted by atomic mass is 35.5. The molecule has 1 saturated heterocycles. The van der Waals surface area contributed by atoms with Crippen molar-refractivity contribution in [2.45, 2.75) is 38.8 Å². The van der Waals surface area contributed by atoms with Crippen molar-refractivity contribution in [3.63, 3.8) is 0 Å². The SMILES string of the molecule is Cc1ccc(-c2cncc(C(=O)NC3CCNC(C)C3)c2)cc1.Cl.Cl. The molecular weight excluding hydrogens is 357 g/mol. The molecule has 25 heavy (non-hydrogen) atoms. The van der Waals surface area contributed by atoms with Gasteiger partial charge >= 0.3 is 0 Å². The summed E-state index contributed by atoms with van der Waals surface area (Å²) in [5, 5.41) is 6.53. The Kier molecular flexibility index (Phi) is 8.36. The van der Waals surface area contributed by atoms with Crippen molar-refractivity contribution in [2.75, 3.05) is 6.54 Å². The predicted octanol–water partition coefficient (Wildman–Crippen LogP) is 3.77. The third-order valence-electron chi connectivity index (χ3n) is 4.34. The van der Waals surface area contributed by atoms with E-state index in [2.05, 4.69) is 53.7 Å². The Labute approximate surface area is 161 Å². The maximum atomic E-state index is 12.5. The molecule has 2 unspecified atom stereocenters. The number of hydrogen-bond donors (Lipinski definition) is 2. The first kappa shape index (κ1) is 21.4. The standard InChI is InChI=1S/C19H23N3O.2ClH/c1-13-3-5-15(6-4-13)16-10-17(12-20-11-16)19(23)22-18-7-8-21-14(2)9-18;;/h3-6,10-12,14,18,21H,7-9H2,1-2H3,(H,22,23);2*1H. The molecule has 2 atom stereocenters. The van der Waals surface area contributed by atoms with E-state index >= 15 is 0 Å². The molecule has 2 N–H and O–H groups in total. The first-order valence-corrected chi connectivity index (χ1v) is 8.18. The zero-order valence-corrected chi connectivity index (χ0v) is 16.1. The quantitative estimate of drug-likeness (QED) is 0.850. The molecule has 136 valence electrons. The highest BCUT2D eigenvalue weighted by molar-refractivity contribution is 5.95. The number of amides is 1. The second kappa shape index (κ2) is 9.76. The van der Waals surface area contributed by atoms with Crippen LogP contribution in [-0.2, 0) is 0 Å². The molecule has 0 saturated carbocycles. The normalized spacial score (nSPS) is 19.3. The Balaban J connectivity index is 0.00000156. The van der Waals surface area contributed by atoms with E-state index in [-0.39, 0.29) is 36.8 Å². The summed E-state index contributed by atoms with van der Waals surface area (Å²) in [6.07, 6.45) is 5.38. The Hall–Kier alpha value is -1.62. The topological polar surface area (TPSA) is 54.0 Å².